The lowest BCUT2D eigenvalue weighted by Gasteiger charge is -2.48. The zero-order valence-electron chi connectivity index (χ0n) is 33.2. The van der Waals surface area contributed by atoms with Crippen LogP contribution in [0.15, 0.2) is 0 Å². The highest BCUT2D eigenvalue weighted by Crippen LogP contribution is 2.40. The minimum atomic E-state index is -1.80. The van der Waals surface area contributed by atoms with E-state index >= 15 is 0 Å². The molecule has 0 aromatic carbocycles. The van der Waals surface area contributed by atoms with Crippen molar-refractivity contribution in [2.24, 2.45) is 17.8 Å². The molecule has 3 aliphatic rings. The highest BCUT2D eigenvalue weighted by Gasteiger charge is 2.52. The Kier molecular flexibility index (Phi) is 15.3. The van der Waals surface area contributed by atoms with Crippen molar-refractivity contribution in [1.82, 2.24) is 10.2 Å². The van der Waals surface area contributed by atoms with Crippen LogP contribution in [0.2, 0.25) is 0 Å². The minimum Gasteiger partial charge on any atom is -0.459 e. The molecular formula is C37H70N2O12. The molecule has 3 heterocycles. The van der Waals surface area contributed by atoms with Gasteiger partial charge in [0.1, 0.15) is 30.0 Å². The third-order valence-electron chi connectivity index (χ3n) is 11.7. The minimum absolute atomic E-state index is 0.132. The summed E-state index contributed by atoms with van der Waals surface area (Å²) >= 11 is 0. The Bertz CT molecular complexity index is 1110. The molecular weight excluding hydrogens is 664 g/mol. The van der Waals surface area contributed by atoms with Gasteiger partial charge in [-0.25, -0.2) is 0 Å². The number of methoxy groups -OCH3 is 1. The van der Waals surface area contributed by atoms with E-state index in [1.165, 1.54) is 14.0 Å². The van der Waals surface area contributed by atoms with Crippen molar-refractivity contribution in [3.63, 3.8) is 0 Å². The molecule has 0 amide bonds. The van der Waals surface area contributed by atoms with Gasteiger partial charge < -0.3 is 64.2 Å². The average molecular weight is 735 g/mol. The number of aliphatic hydroxyl groups is 5. The molecule has 18 atom stereocenters. The number of likely N-dealkylation sites (N-methyl/N-ethyl adjacent to an activating group) is 1. The lowest BCUT2D eigenvalue weighted by Crippen LogP contribution is -2.60. The molecule has 14 heteroatoms. The zero-order chi connectivity index (χ0) is 38.8. The second-order valence-electron chi connectivity index (χ2n) is 16.7. The summed E-state index contributed by atoms with van der Waals surface area (Å²) in [5.74, 6) is -2.60. The molecule has 14 nitrogen and oxygen atoms in total. The van der Waals surface area contributed by atoms with E-state index in [-0.39, 0.29) is 37.3 Å². The Morgan fingerprint density at radius 3 is 2.14 bits per heavy atom. The van der Waals surface area contributed by atoms with Crippen molar-refractivity contribution in [3.8, 4) is 0 Å². The molecule has 0 spiro atoms. The predicted octanol–water partition coefficient (Wildman–Crippen LogP) is 1.56. The van der Waals surface area contributed by atoms with E-state index in [4.69, 9.17) is 28.4 Å². The van der Waals surface area contributed by atoms with Crippen LogP contribution in [0.3, 0.4) is 0 Å². The lowest BCUT2D eigenvalue weighted by molar-refractivity contribution is -0.318. The number of aliphatic hydroxyl groups excluding tert-OH is 3. The van der Waals surface area contributed by atoms with Gasteiger partial charge in [-0.3, -0.25) is 4.79 Å². The van der Waals surface area contributed by atoms with Crippen molar-refractivity contribution in [2.75, 3.05) is 27.7 Å². The van der Waals surface area contributed by atoms with Crippen LogP contribution in [0.4, 0.5) is 0 Å². The number of cyclic esters (lactones) is 1. The molecule has 6 N–H and O–H groups in total. The summed E-state index contributed by atoms with van der Waals surface area (Å²) in [5, 5.41) is 60.9. The Morgan fingerprint density at radius 2 is 1.57 bits per heavy atom. The summed E-state index contributed by atoms with van der Waals surface area (Å²) < 4.78 is 37.4. The third kappa shape index (κ3) is 10.2. The number of rotatable bonds is 7. The zero-order valence-corrected chi connectivity index (χ0v) is 33.2. The highest BCUT2D eigenvalue weighted by molar-refractivity contribution is 5.73. The first kappa shape index (κ1) is 44.4. The molecule has 0 saturated carbocycles. The van der Waals surface area contributed by atoms with Gasteiger partial charge in [0.2, 0.25) is 0 Å². The number of carbonyl (C=O) groups is 1. The summed E-state index contributed by atoms with van der Waals surface area (Å²) in [6.07, 6.45) is -8.22. The monoisotopic (exact) mass is 734 g/mol. The summed E-state index contributed by atoms with van der Waals surface area (Å²) in [6, 6.07) is -0.858. The number of nitrogens with one attached hydrogen (secondary N) is 1. The molecule has 0 aliphatic carbocycles. The van der Waals surface area contributed by atoms with Gasteiger partial charge in [0.25, 0.3) is 0 Å². The molecule has 0 bridgehead atoms. The predicted molar refractivity (Wildman–Crippen MR) is 190 cm³/mol. The molecule has 300 valence electrons. The first-order valence-electron chi connectivity index (χ1n) is 18.8. The number of hydrogen-bond acceptors (Lipinski definition) is 14. The molecule has 3 saturated heterocycles. The van der Waals surface area contributed by atoms with E-state index in [0.717, 1.165) is 0 Å². The van der Waals surface area contributed by atoms with E-state index in [9.17, 15) is 30.3 Å². The van der Waals surface area contributed by atoms with Crippen LogP contribution in [0.1, 0.15) is 94.9 Å². The molecule has 3 rings (SSSR count). The summed E-state index contributed by atoms with van der Waals surface area (Å²) in [6.45, 7) is 17.8. The van der Waals surface area contributed by atoms with E-state index in [1.807, 2.05) is 39.8 Å². The van der Waals surface area contributed by atoms with Crippen molar-refractivity contribution in [2.45, 2.75) is 185 Å². The molecule has 0 radical (unpaired) electrons. The summed E-state index contributed by atoms with van der Waals surface area (Å²) in [7, 11) is 5.27. The molecule has 0 aromatic heterocycles. The van der Waals surface area contributed by atoms with Crippen LogP contribution in [0, 0.1) is 17.8 Å². The van der Waals surface area contributed by atoms with Crippen LogP contribution in [0.5, 0.6) is 0 Å². The molecule has 0 aromatic rings. The van der Waals surface area contributed by atoms with Crippen molar-refractivity contribution >= 4 is 5.97 Å². The van der Waals surface area contributed by atoms with Crippen LogP contribution >= 0.6 is 0 Å². The maximum atomic E-state index is 14.1. The normalized spacial score (nSPS) is 49.9. The van der Waals surface area contributed by atoms with Gasteiger partial charge in [-0.2, -0.15) is 0 Å². The number of hydrogen-bond donors (Lipinski definition) is 6. The van der Waals surface area contributed by atoms with Crippen molar-refractivity contribution < 1.29 is 58.7 Å². The average Bonchev–Trinajstić information content (AvgIpc) is 3.05. The van der Waals surface area contributed by atoms with E-state index in [2.05, 4.69) is 5.32 Å². The molecule has 3 aliphatic heterocycles. The second kappa shape index (κ2) is 17.6. The molecule has 3 unspecified atom stereocenters. The quantitative estimate of drug-likeness (QED) is 0.207. The third-order valence-corrected chi connectivity index (χ3v) is 11.7. The van der Waals surface area contributed by atoms with Crippen LogP contribution in [-0.4, -0.2) is 154 Å². The largest absolute Gasteiger partial charge is 0.459 e. The number of esters is 1. The van der Waals surface area contributed by atoms with Crippen LogP contribution < -0.4 is 5.32 Å². The van der Waals surface area contributed by atoms with E-state index in [1.54, 1.807) is 41.5 Å². The first-order chi connectivity index (χ1) is 23.5. The van der Waals surface area contributed by atoms with Crippen molar-refractivity contribution in [3.05, 3.63) is 0 Å². The van der Waals surface area contributed by atoms with E-state index < -0.39 is 96.0 Å². The SMILES string of the molecule is CC[C@H]1OC(=O)[C@H](C)[C@@H](O[C@H]2C[C@](C)(OC)[C@@H](O)C(C)O2)[C@H](C)[C@@H](O[C@@H]2OC(C)C[C@H](N(C)C)C2O)[C@](C)(O)C[C@@H](C)CN[C@H](C)[C@@H](O)[C@]1(C)O. The van der Waals surface area contributed by atoms with Gasteiger partial charge in [0.15, 0.2) is 12.6 Å². The Balaban J connectivity index is 2.15. The number of carbonyl (C=O) groups excluding carboxylic acids is 1. The Hall–Kier alpha value is -1.01. The van der Waals surface area contributed by atoms with Crippen molar-refractivity contribution in [1.29, 1.82) is 0 Å². The van der Waals surface area contributed by atoms with Crippen LogP contribution in [-0.2, 0) is 33.2 Å². The van der Waals surface area contributed by atoms with Gasteiger partial charge in [-0.15, -0.1) is 0 Å². The summed E-state index contributed by atoms with van der Waals surface area (Å²) in [5.41, 5.74) is -4.37. The second-order valence-corrected chi connectivity index (χ2v) is 16.7. The molecule has 3 fully saturated rings. The van der Waals surface area contributed by atoms with Gasteiger partial charge in [-0.1, -0.05) is 20.8 Å². The van der Waals surface area contributed by atoms with Crippen LogP contribution in [0.25, 0.3) is 0 Å². The number of ether oxygens (including phenoxy) is 6. The Morgan fingerprint density at radius 1 is 0.941 bits per heavy atom. The Labute approximate surface area is 305 Å². The highest BCUT2D eigenvalue weighted by atomic mass is 16.7. The summed E-state index contributed by atoms with van der Waals surface area (Å²) in [4.78, 5) is 16.1. The van der Waals surface area contributed by atoms with Gasteiger partial charge in [-0.05, 0) is 94.3 Å². The topological polar surface area (TPSA) is 189 Å². The fourth-order valence-corrected chi connectivity index (χ4v) is 8.36. The lowest BCUT2D eigenvalue weighted by atomic mass is 9.77. The van der Waals surface area contributed by atoms with Gasteiger partial charge in [0.05, 0.1) is 41.5 Å². The standard InChI is InChI=1S/C37H70N2O12/c1-14-26-37(10,45)30(41)23(6)38-18-19(2)16-35(8,44)32(51-34-28(40)25(39(11)12)15-20(3)47-34)21(4)29(22(5)33(43)49-26)50-27-17-36(9,46-13)31(42)24(7)48-27/h19-32,34,38,40-42,44-45H,14-18H2,1-13H3/t19-,20?,21+,22-,23-,24?,25+,26-,27+,28?,29+,30-,31+,32-,34+,35-,36+,37-/m1/s1. The van der Waals surface area contributed by atoms with Gasteiger partial charge in [0, 0.05) is 31.5 Å². The van der Waals surface area contributed by atoms with Gasteiger partial charge >= 0.3 is 5.97 Å². The first-order valence-corrected chi connectivity index (χ1v) is 18.8. The van der Waals surface area contributed by atoms with E-state index in [0.29, 0.717) is 13.0 Å². The maximum absolute atomic E-state index is 14.1. The smallest absolute Gasteiger partial charge is 0.311 e. The maximum Gasteiger partial charge on any atom is 0.311 e. The fraction of sp³-hybridized carbons (Fsp3) is 0.973. The number of nitrogens with zero attached hydrogens (tertiary/aromatic N) is 1. The molecule has 51 heavy (non-hydrogen) atoms. The fourth-order valence-electron chi connectivity index (χ4n) is 8.36.